The predicted molar refractivity (Wildman–Crippen MR) is 114 cm³/mol. The first-order chi connectivity index (χ1) is 14.1. The van der Waals surface area contributed by atoms with Crippen molar-refractivity contribution in [3.63, 3.8) is 0 Å². The van der Waals surface area contributed by atoms with Crippen molar-refractivity contribution in [3.8, 4) is 11.5 Å². The molecule has 0 aliphatic heterocycles. The molecule has 29 heavy (non-hydrogen) atoms. The predicted octanol–water partition coefficient (Wildman–Crippen LogP) is 5.21. The van der Waals surface area contributed by atoms with Crippen LogP contribution in [0.15, 0.2) is 81.6 Å². The van der Waals surface area contributed by atoms with Crippen LogP contribution in [0.2, 0.25) is 0 Å². The zero-order valence-corrected chi connectivity index (χ0v) is 16.7. The van der Waals surface area contributed by atoms with Crippen molar-refractivity contribution >= 4 is 29.4 Å². The lowest BCUT2D eigenvalue weighted by Gasteiger charge is -2.11. The molecule has 0 unspecified atom stereocenters. The van der Waals surface area contributed by atoms with E-state index in [2.05, 4.69) is 10.5 Å². The Balaban J connectivity index is 1.93. The van der Waals surface area contributed by atoms with Gasteiger partial charge in [-0.05, 0) is 36.4 Å². The second kappa shape index (κ2) is 9.61. The zero-order valence-electron chi connectivity index (χ0n) is 15.9. The Morgan fingerprint density at radius 2 is 1.79 bits per heavy atom. The van der Waals surface area contributed by atoms with Gasteiger partial charge in [0, 0.05) is 22.6 Å². The highest BCUT2D eigenvalue weighted by Gasteiger charge is 2.14. The molecule has 0 amide bonds. The van der Waals surface area contributed by atoms with Gasteiger partial charge in [-0.25, -0.2) is 0 Å². The third-order valence-corrected chi connectivity index (χ3v) is 5.10. The van der Waals surface area contributed by atoms with Gasteiger partial charge in [0.1, 0.15) is 11.5 Å². The molecule has 0 radical (unpaired) electrons. The number of nitrogens with one attached hydrogen (secondary N) is 1. The third-order valence-electron chi connectivity index (χ3n) is 3.97. The first-order valence-corrected chi connectivity index (χ1v) is 9.45. The number of nitro groups is 1. The molecule has 0 bridgehead atoms. The van der Waals surface area contributed by atoms with E-state index in [-0.39, 0.29) is 5.69 Å². The van der Waals surface area contributed by atoms with Crippen molar-refractivity contribution < 1.29 is 14.4 Å². The summed E-state index contributed by atoms with van der Waals surface area (Å²) in [6, 6.07) is 19.6. The van der Waals surface area contributed by atoms with Gasteiger partial charge in [-0.15, -0.1) is 0 Å². The van der Waals surface area contributed by atoms with Gasteiger partial charge in [0.25, 0.3) is 5.69 Å². The van der Waals surface area contributed by atoms with Crippen molar-refractivity contribution in [2.45, 2.75) is 9.79 Å². The number of hydrazone groups is 1. The largest absolute Gasteiger partial charge is 0.497 e. The Morgan fingerprint density at radius 3 is 2.48 bits per heavy atom. The van der Waals surface area contributed by atoms with E-state index in [4.69, 9.17) is 9.47 Å². The lowest BCUT2D eigenvalue weighted by molar-refractivity contribution is -0.384. The summed E-state index contributed by atoms with van der Waals surface area (Å²) in [6.45, 7) is 0. The Bertz CT molecular complexity index is 1030. The van der Waals surface area contributed by atoms with Gasteiger partial charge in [0.15, 0.2) is 0 Å². The molecule has 0 saturated heterocycles. The summed E-state index contributed by atoms with van der Waals surface area (Å²) in [5.74, 6) is 1.37. The minimum absolute atomic E-state index is 0.00637. The van der Waals surface area contributed by atoms with Crippen LogP contribution in [-0.2, 0) is 0 Å². The van der Waals surface area contributed by atoms with E-state index in [1.807, 2.05) is 48.5 Å². The molecule has 3 aromatic rings. The highest BCUT2D eigenvalue weighted by molar-refractivity contribution is 7.99. The van der Waals surface area contributed by atoms with E-state index in [0.717, 1.165) is 15.5 Å². The molecule has 0 aliphatic rings. The maximum atomic E-state index is 11.2. The van der Waals surface area contributed by atoms with Crippen molar-refractivity contribution in [2.24, 2.45) is 5.10 Å². The summed E-state index contributed by atoms with van der Waals surface area (Å²) in [5, 5.41) is 15.4. The Kier molecular flexibility index (Phi) is 6.70. The van der Waals surface area contributed by atoms with Gasteiger partial charge < -0.3 is 9.47 Å². The Hall–Kier alpha value is -3.52. The highest BCUT2D eigenvalue weighted by Crippen LogP contribution is 2.39. The van der Waals surface area contributed by atoms with Crippen molar-refractivity contribution in [1.29, 1.82) is 0 Å². The maximum absolute atomic E-state index is 11.2. The topological polar surface area (TPSA) is 86.0 Å². The second-order valence-electron chi connectivity index (χ2n) is 5.83. The van der Waals surface area contributed by atoms with Crippen LogP contribution in [0, 0.1) is 10.1 Å². The van der Waals surface area contributed by atoms with Gasteiger partial charge in [0.05, 0.1) is 35.9 Å². The molecular formula is C21H19N3O4S. The fourth-order valence-corrected chi connectivity index (χ4v) is 3.54. The SMILES string of the molecule is COc1ccc(OC)c(Sc2ccc([N+](=O)[O-])cc2C=NNc2ccccc2)c1. The van der Waals surface area contributed by atoms with Gasteiger partial charge >= 0.3 is 0 Å². The standard InChI is InChI=1S/C21H19N3O4S/c1-27-18-9-10-19(28-2)21(13-18)29-20-11-8-17(24(25)26)12-15(20)14-22-23-16-6-4-3-5-7-16/h3-14,23H,1-2H3. The van der Waals surface area contributed by atoms with E-state index >= 15 is 0 Å². The number of benzene rings is 3. The second-order valence-corrected chi connectivity index (χ2v) is 6.92. The summed E-state index contributed by atoms with van der Waals surface area (Å²) in [6.07, 6.45) is 1.56. The van der Waals surface area contributed by atoms with Crippen LogP contribution in [0.25, 0.3) is 0 Å². The number of rotatable bonds is 8. The van der Waals surface area contributed by atoms with E-state index in [1.54, 1.807) is 26.5 Å². The van der Waals surface area contributed by atoms with Gasteiger partial charge in [-0.1, -0.05) is 30.0 Å². The third kappa shape index (κ3) is 5.26. The molecule has 0 atom stereocenters. The molecule has 0 aliphatic carbocycles. The maximum Gasteiger partial charge on any atom is 0.270 e. The number of para-hydroxylation sites is 1. The van der Waals surface area contributed by atoms with Crippen LogP contribution in [0.4, 0.5) is 11.4 Å². The van der Waals surface area contributed by atoms with Gasteiger partial charge in [-0.3, -0.25) is 15.5 Å². The smallest absolute Gasteiger partial charge is 0.270 e. The molecule has 0 heterocycles. The number of nitro benzene ring substituents is 1. The summed E-state index contributed by atoms with van der Waals surface area (Å²) in [4.78, 5) is 12.4. The number of hydrogen-bond donors (Lipinski definition) is 1. The lowest BCUT2D eigenvalue weighted by atomic mass is 10.2. The van der Waals surface area contributed by atoms with E-state index in [0.29, 0.717) is 17.1 Å². The fourth-order valence-electron chi connectivity index (χ4n) is 2.51. The molecule has 0 saturated carbocycles. The molecule has 148 valence electrons. The van der Waals surface area contributed by atoms with Crippen LogP contribution in [0.3, 0.4) is 0 Å². The highest BCUT2D eigenvalue weighted by atomic mass is 32.2. The van der Waals surface area contributed by atoms with Crippen molar-refractivity contribution in [3.05, 3.63) is 82.4 Å². The molecular weight excluding hydrogens is 390 g/mol. The van der Waals surface area contributed by atoms with E-state index in [1.165, 1.54) is 23.9 Å². The number of hydrogen-bond acceptors (Lipinski definition) is 7. The number of non-ortho nitro benzene ring substituents is 1. The van der Waals surface area contributed by atoms with Crippen LogP contribution < -0.4 is 14.9 Å². The Labute approximate surface area is 172 Å². The molecule has 1 N–H and O–H groups in total. The number of ether oxygens (including phenoxy) is 2. The zero-order chi connectivity index (χ0) is 20.6. The number of methoxy groups -OCH3 is 2. The molecule has 0 aromatic heterocycles. The fraction of sp³-hybridized carbons (Fsp3) is 0.0952. The van der Waals surface area contributed by atoms with Crippen LogP contribution in [0.1, 0.15) is 5.56 Å². The molecule has 8 heteroatoms. The summed E-state index contributed by atoms with van der Waals surface area (Å²) in [5.41, 5.74) is 4.34. The minimum Gasteiger partial charge on any atom is -0.497 e. The average molecular weight is 409 g/mol. The van der Waals surface area contributed by atoms with E-state index < -0.39 is 4.92 Å². The van der Waals surface area contributed by atoms with Crippen LogP contribution in [0.5, 0.6) is 11.5 Å². The molecule has 7 nitrogen and oxygen atoms in total. The summed E-state index contributed by atoms with van der Waals surface area (Å²) in [7, 11) is 3.18. The van der Waals surface area contributed by atoms with Crippen molar-refractivity contribution in [2.75, 3.05) is 19.6 Å². The first kappa shape index (κ1) is 20.2. The molecule has 0 fully saturated rings. The molecule has 0 spiro atoms. The van der Waals surface area contributed by atoms with E-state index in [9.17, 15) is 10.1 Å². The Morgan fingerprint density at radius 1 is 1.00 bits per heavy atom. The number of anilines is 1. The monoisotopic (exact) mass is 409 g/mol. The number of nitrogens with zero attached hydrogens (tertiary/aromatic N) is 2. The molecule has 3 rings (SSSR count). The van der Waals surface area contributed by atoms with Crippen molar-refractivity contribution in [1.82, 2.24) is 0 Å². The summed E-state index contributed by atoms with van der Waals surface area (Å²) >= 11 is 1.41. The normalized spacial score (nSPS) is 10.7. The first-order valence-electron chi connectivity index (χ1n) is 8.63. The van der Waals surface area contributed by atoms with Crippen LogP contribution >= 0.6 is 11.8 Å². The lowest BCUT2D eigenvalue weighted by Crippen LogP contribution is -1.95. The average Bonchev–Trinajstić information content (AvgIpc) is 2.75. The molecule has 3 aromatic carbocycles. The quantitative estimate of drug-likeness (QED) is 0.312. The van der Waals surface area contributed by atoms with Crippen LogP contribution in [-0.4, -0.2) is 25.4 Å². The van der Waals surface area contributed by atoms with Gasteiger partial charge in [0.2, 0.25) is 0 Å². The van der Waals surface area contributed by atoms with Gasteiger partial charge in [-0.2, -0.15) is 5.10 Å². The minimum atomic E-state index is -0.428. The summed E-state index contributed by atoms with van der Waals surface area (Å²) < 4.78 is 10.7.